The minimum absolute atomic E-state index is 0.641. The molecule has 0 spiro atoms. The molecule has 0 amide bonds. The number of rotatable bonds is 1. The van der Waals surface area contributed by atoms with Crippen LogP contribution < -0.4 is 10.2 Å². The van der Waals surface area contributed by atoms with E-state index < -0.39 is 0 Å². The molecule has 104 valence electrons. The van der Waals surface area contributed by atoms with Crippen LogP contribution in [-0.4, -0.2) is 35.6 Å². The van der Waals surface area contributed by atoms with Gasteiger partial charge in [-0.15, -0.1) is 0 Å². The summed E-state index contributed by atoms with van der Waals surface area (Å²) in [5.41, 5.74) is 3.19. The summed E-state index contributed by atoms with van der Waals surface area (Å²) in [6, 6.07) is 4.77. The first-order valence-electron chi connectivity index (χ1n) is 7.20. The quantitative estimate of drug-likeness (QED) is 0.871. The second kappa shape index (κ2) is 4.97. The van der Waals surface area contributed by atoms with E-state index in [4.69, 9.17) is 0 Å². The van der Waals surface area contributed by atoms with Crippen LogP contribution in [0.4, 0.5) is 5.69 Å². The lowest BCUT2D eigenvalue weighted by molar-refractivity contribution is 0.340. The van der Waals surface area contributed by atoms with E-state index in [1.165, 1.54) is 18.5 Å². The molecule has 4 heterocycles. The van der Waals surface area contributed by atoms with Crippen molar-refractivity contribution < 1.29 is 0 Å². The average molecular weight is 333 g/mol. The number of fused-ring (bicyclic) bond motifs is 2. The zero-order valence-corrected chi connectivity index (χ0v) is 12.8. The molecule has 0 radical (unpaired) electrons. The van der Waals surface area contributed by atoms with E-state index in [0.29, 0.717) is 6.04 Å². The maximum Gasteiger partial charge on any atom is 0.112 e. The molecular weight excluding hydrogens is 316 g/mol. The molecule has 0 saturated carbocycles. The highest BCUT2D eigenvalue weighted by atomic mass is 79.9. The summed E-state index contributed by atoms with van der Waals surface area (Å²) in [5.74, 6) is 0.780. The molecule has 2 aromatic rings. The Kier molecular flexibility index (Phi) is 3.11. The topological polar surface area (TPSA) is 41.1 Å². The van der Waals surface area contributed by atoms with Gasteiger partial charge < -0.3 is 10.2 Å². The number of piperidine rings is 1. The van der Waals surface area contributed by atoms with E-state index in [1.807, 2.05) is 18.5 Å². The first kappa shape index (κ1) is 12.5. The zero-order chi connectivity index (χ0) is 13.5. The van der Waals surface area contributed by atoms with Gasteiger partial charge in [-0.05, 0) is 53.4 Å². The van der Waals surface area contributed by atoms with Crippen molar-refractivity contribution in [1.29, 1.82) is 0 Å². The summed E-state index contributed by atoms with van der Waals surface area (Å²) in [7, 11) is 0. The fourth-order valence-electron chi connectivity index (χ4n) is 3.49. The fraction of sp³-hybridized carbons (Fsp3) is 0.467. The van der Waals surface area contributed by atoms with Crippen LogP contribution in [0.2, 0.25) is 0 Å². The summed E-state index contributed by atoms with van der Waals surface area (Å²) >= 11 is 3.46. The second-order valence-electron chi connectivity index (χ2n) is 5.72. The summed E-state index contributed by atoms with van der Waals surface area (Å²) in [6.07, 6.45) is 6.39. The van der Waals surface area contributed by atoms with Crippen LogP contribution in [0.3, 0.4) is 0 Å². The summed E-state index contributed by atoms with van der Waals surface area (Å²) in [5, 5.41) is 3.65. The molecule has 2 aliphatic heterocycles. The minimum Gasteiger partial charge on any atom is -0.368 e. The molecular formula is C15H17BrN4. The smallest absolute Gasteiger partial charge is 0.112 e. The van der Waals surface area contributed by atoms with E-state index in [1.54, 1.807) is 0 Å². The van der Waals surface area contributed by atoms with Crippen LogP contribution in [0.25, 0.3) is 11.0 Å². The second-order valence-corrected chi connectivity index (χ2v) is 6.63. The Balaban J connectivity index is 1.72. The van der Waals surface area contributed by atoms with Crippen LogP contribution in [-0.2, 0) is 0 Å². The molecule has 0 aromatic carbocycles. The number of hydrogen-bond donors (Lipinski definition) is 1. The van der Waals surface area contributed by atoms with Gasteiger partial charge in [0.25, 0.3) is 0 Å². The predicted octanol–water partition coefficient (Wildman–Crippen LogP) is 2.58. The molecule has 0 bridgehead atoms. The largest absolute Gasteiger partial charge is 0.368 e. The highest BCUT2D eigenvalue weighted by molar-refractivity contribution is 9.10. The number of pyridine rings is 2. The van der Waals surface area contributed by atoms with Crippen LogP contribution in [0.5, 0.6) is 0 Å². The molecule has 0 unspecified atom stereocenters. The standard InChI is InChI=1S/C15H17BrN4/c16-11-6-12-15(19-7-11)14(3-5-18-12)20-8-10-2-1-4-17-13(10)9-20/h3,5-7,10,13,17H,1-2,4,8-9H2/t10-,13+/m0/s1. The fourth-order valence-corrected chi connectivity index (χ4v) is 3.81. The third-order valence-electron chi connectivity index (χ3n) is 4.46. The van der Waals surface area contributed by atoms with Crippen LogP contribution in [0.15, 0.2) is 29.0 Å². The molecule has 2 aromatic heterocycles. The molecule has 2 fully saturated rings. The Morgan fingerprint density at radius 1 is 1.30 bits per heavy atom. The minimum atomic E-state index is 0.641. The molecule has 4 nitrogen and oxygen atoms in total. The number of nitrogens with one attached hydrogen (secondary N) is 1. The average Bonchev–Trinajstić information content (AvgIpc) is 2.90. The van der Waals surface area contributed by atoms with E-state index in [9.17, 15) is 0 Å². The third kappa shape index (κ3) is 2.09. The third-order valence-corrected chi connectivity index (χ3v) is 4.90. The normalized spacial score (nSPS) is 25.9. The summed E-state index contributed by atoms with van der Waals surface area (Å²) in [4.78, 5) is 11.5. The van der Waals surface area contributed by atoms with Crippen molar-refractivity contribution in [3.05, 3.63) is 29.0 Å². The SMILES string of the molecule is Brc1cnc2c(N3C[C@@H]4CCCN[C@@H]4C3)ccnc2c1. The van der Waals surface area contributed by atoms with Gasteiger partial charge in [0, 0.05) is 36.0 Å². The van der Waals surface area contributed by atoms with Gasteiger partial charge in [-0.3, -0.25) is 9.97 Å². The summed E-state index contributed by atoms with van der Waals surface area (Å²) < 4.78 is 0.978. The van der Waals surface area contributed by atoms with Gasteiger partial charge in [0.2, 0.25) is 0 Å². The van der Waals surface area contributed by atoms with Crippen molar-refractivity contribution in [3.8, 4) is 0 Å². The Hall–Kier alpha value is -1.20. The maximum atomic E-state index is 4.57. The van der Waals surface area contributed by atoms with Crippen LogP contribution in [0.1, 0.15) is 12.8 Å². The van der Waals surface area contributed by atoms with Gasteiger partial charge >= 0.3 is 0 Å². The monoisotopic (exact) mass is 332 g/mol. The van der Waals surface area contributed by atoms with E-state index in [-0.39, 0.29) is 0 Å². The Bertz CT molecular complexity index is 631. The number of hydrogen-bond acceptors (Lipinski definition) is 4. The van der Waals surface area contributed by atoms with Gasteiger partial charge in [-0.2, -0.15) is 0 Å². The van der Waals surface area contributed by atoms with Gasteiger partial charge in [-0.1, -0.05) is 0 Å². The van der Waals surface area contributed by atoms with Crippen molar-refractivity contribution in [2.45, 2.75) is 18.9 Å². The van der Waals surface area contributed by atoms with Crippen molar-refractivity contribution in [1.82, 2.24) is 15.3 Å². The highest BCUT2D eigenvalue weighted by Crippen LogP contribution is 2.32. The summed E-state index contributed by atoms with van der Waals surface area (Å²) in [6.45, 7) is 3.38. The van der Waals surface area contributed by atoms with Gasteiger partial charge in [0.1, 0.15) is 5.52 Å². The van der Waals surface area contributed by atoms with Crippen LogP contribution >= 0.6 is 15.9 Å². The van der Waals surface area contributed by atoms with Gasteiger partial charge in [0.05, 0.1) is 11.2 Å². The van der Waals surface area contributed by atoms with E-state index in [2.05, 4.69) is 42.2 Å². The lowest BCUT2D eigenvalue weighted by atomic mass is 9.94. The lowest BCUT2D eigenvalue weighted by Gasteiger charge is -2.24. The molecule has 5 heteroatoms. The molecule has 4 rings (SSSR count). The van der Waals surface area contributed by atoms with Crippen molar-refractivity contribution in [2.75, 3.05) is 24.5 Å². The maximum absolute atomic E-state index is 4.57. The zero-order valence-electron chi connectivity index (χ0n) is 11.2. The van der Waals surface area contributed by atoms with Crippen molar-refractivity contribution in [2.24, 2.45) is 5.92 Å². The van der Waals surface area contributed by atoms with E-state index in [0.717, 1.165) is 41.1 Å². The lowest BCUT2D eigenvalue weighted by Crippen LogP contribution is -2.40. The number of aromatic nitrogens is 2. The van der Waals surface area contributed by atoms with Crippen molar-refractivity contribution in [3.63, 3.8) is 0 Å². The van der Waals surface area contributed by atoms with Gasteiger partial charge in [0.15, 0.2) is 0 Å². The Labute approximate surface area is 126 Å². The Morgan fingerprint density at radius 2 is 2.25 bits per heavy atom. The van der Waals surface area contributed by atoms with Crippen LogP contribution in [0, 0.1) is 5.92 Å². The molecule has 1 N–H and O–H groups in total. The molecule has 2 saturated heterocycles. The van der Waals surface area contributed by atoms with E-state index >= 15 is 0 Å². The highest BCUT2D eigenvalue weighted by Gasteiger charge is 2.34. The first-order valence-corrected chi connectivity index (χ1v) is 7.99. The molecule has 0 aliphatic carbocycles. The number of anilines is 1. The number of nitrogens with zero attached hydrogens (tertiary/aromatic N) is 3. The van der Waals surface area contributed by atoms with Crippen molar-refractivity contribution >= 4 is 32.7 Å². The number of halogens is 1. The predicted molar refractivity (Wildman–Crippen MR) is 84.0 cm³/mol. The molecule has 2 aliphatic rings. The molecule has 2 atom stereocenters. The first-order chi connectivity index (χ1) is 9.81. The molecule has 20 heavy (non-hydrogen) atoms. The van der Waals surface area contributed by atoms with Gasteiger partial charge in [-0.25, -0.2) is 0 Å². The Morgan fingerprint density at radius 3 is 3.15 bits per heavy atom.